The van der Waals surface area contributed by atoms with Crippen molar-refractivity contribution in [2.24, 2.45) is 69.0 Å². The SMILES string of the molecule is NOS(=O)(=O)C1(N)C(N)(N)C(N)(N)C(N)(N)C(N)(N)C1(N)N. The van der Waals surface area contributed by atoms with E-state index in [4.69, 9.17) is 69.0 Å². The van der Waals surface area contributed by atoms with Crippen LogP contribution in [-0.2, 0) is 14.4 Å². The van der Waals surface area contributed by atoms with Gasteiger partial charge in [-0.2, -0.15) is 18.6 Å². The fourth-order valence-electron chi connectivity index (χ4n) is 2.47. The summed E-state index contributed by atoms with van der Waals surface area (Å²) in [6.07, 6.45) is 0. The minimum atomic E-state index is -5.10. The molecule has 0 atom stereocenters. The van der Waals surface area contributed by atoms with Crippen LogP contribution < -0.4 is 69.0 Å². The second kappa shape index (κ2) is 4.28. The summed E-state index contributed by atoms with van der Waals surface area (Å²) in [5.41, 5.74) is 49.3. The number of hydrogen-bond acceptors (Lipinski definition) is 15. The third-order valence-electron chi connectivity index (χ3n) is 4.49. The molecule has 0 spiro atoms. The monoisotopic (exact) mass is 344 g/mol. The predicted molar refractivity (Wildman–Crippen MR) is 76.6 cm³/mol. The summed E-state index contributed by atoms with van der Waals surface area (Å²) in [7, 11) is -5.10. The Hall–Kier alpha value is -0.570. The summed E-state index contributed by atoms with van der Waals surface area (Å²) >= 11 is 0. The highest BCUT2D eigenvalue weighted by Gasteiger charge is 2.84. The third kappa shape index (κ3) is 1.54. The summed E-state index contributed by atoms with van der Waals surface area (Å²) in [6.45, 7) is 0. The molecular formula is C6H24N12O3S. The van der Waals surface area contributed by atoms with Gasteiger partial charge in [-0.3, -0.25) is 0 Å². The van der Waals surface area contributed by atoms with Crippen molar-refractivity contribution in [2.75, 3.05) is 0 Å². The Balaban J connectivity index is 4.03. The van der Waals surface area contributed by atoms with Crippen LogP contribution in [0.5, 0.6) is 0 Å². The molecule has 1 fully saturated rings. The van der Waals surface area contributed by atoms with Crippen molar-refractivity contribution in [3.8, 4) is 0 Å². The van der Waals surface area contributed by atoms with Gasteiger partial charge in [0.15, 0.2) is 0 Å². The van der Waals surface area contributed by atoms with Gasteiger partial charge in [0.2, 0.25) is 4.87 Å². The van der Waals surface area contributed by atoms with E-state index < -0.39 is 43.3 Å². The van der Waals surface area contributed by atoms with Gasteiger partial charge in [0, 0.05) is 0 Å². The van der Waals surface area contributed by atoms with E-state index in [0.717, 1.165) is 0 Å². The lowest BCUT2D eigenvalue weighted by Gasteiger charge is -2.70. The summed E-state index contributed by atoms with van der Waals surface area (Å²) in [5, 5.41) is 0. The third-order valence-corrected chi connectivity index (χ3v) is 6.21. The summed E-state index contributed by atoms with van der Waals surface area (Å²) < 4.78 is 28.2. The first-order chi connectivity index (χ1) is 9.31. The van der Waals surface area contributed by atoms with Gasteiger partial charge in [0.1, 0.15) is 28.3 Å². The average Bonchev–Trinajstić information content (AvgIpc) is 2.34. The van der Waals surface area contributed by atoms with Crippen molar-refractivity contribution < 1.29 is 12.7 Å². The molecule has 0 heterocycles. The second-order valence-electron chi connectivity index (χ2n) is 5.63. The maximum atomic E-state index is 12.2. The normalized spacial score (nSPS) is 30.7. The molecular weight excluding hydrogens is 320 g/mol. The fraction of sp³-hybridized carbons (Fsp3) is 1.00. The van der Waals surface area contributed by atoms with Gasteiger partial charge < -0.3 is 63.1 Å². The average molecular weight is 344 g/mol. The Bertz CT molecular complexity index is 550. The van der Waals surface area contributed by atoms with Crippen LogP contribution in [0.15, 0.2) is 0 Å². The van der Waals surface area contributed by atoms with Crippen LogP contribution >= 0.6 is 0 Å². The van der Waals surface area contributed by atoms with Crippen molar-refractivity contribution in [2.45, 2.75) is 33.2 Å². The second-order valence-corrected chi connectivity index (χ2v) is 7.38. The topological polar surface area (TPSA) is 356 Å². The maximum absolute atomic E-state index is 12.2. The highest BCUT2D eigenvalue weighted by Crippen LogP contribution is 2.45. The molecule has 0 aromatic carbocycles. The minimum absolute atomic E-state index is 2.57. The number of hydrogen-bond donors (Lipinski definition) is 12. The number of nitrogens with two attached hydrogens (primary N) is 12. The molecule has 1 saturated carbocycles. The van der Waals surface area contributed by atoms with Crippen LogP contribution in [0.25, 0.3) is 0 Å². The van der Waals surface area contributed by atoms with Crippen molar-refractivity contribution >= 4 is 10.1 Å². The molecule has 0 amide bonds. The molecule has 1 aliphatic carbocycles. The summed E-state index contributed by atoms with van der Waals surface area (Å²) in [4.78, 5) is -3.18. The maximum Gasteiger partial charge on any atom is 0.308 e. The molecule has 0 aromatic heterocycles. The van der Waals surface area contributed by atoms with Gasteiger partial charge in [-0.1, -0.05) is 0 Å². The van der Waals surface area contributed by atoms with Gasteiger partial charge >= 0.3 is 10.1 Å². The van der Waals surface area contributed by atoms with Gasteiger partial charge in [0.25, 0.3) is 0 Å². The molecule has 0 saturated heterocycles. The van der Waals surface area contributed by atoms with Crippen molar-refractivity contribution in [3.05, 3.63) is 0 Å². The van der Waals surface area contributed by atoms with E-state index in [1.165, 1.54) is 0 Å². The van der Waals surface area contributed by atoms with E-state index in [1.54, 1.807) is 0 Å². The van der Waals surface area contributed by atoms with Crippen LogP contribution in [0, 0.1) is 0 Å². The molecule has 0 aromatic rings. The molecule has 15 nitrogen and oxygen atoms in total. The quantitative estimate of drug-likeness (QED) is 0.163. The highest BCUT2D eigenvalue weighted by molar-refractivity contribution is 7.88. The van der Waals surface area contributed by atoms with E-state index in [9.17, 15) is 8.42 Å². The van der Waals surface area contributed by atoms with E-state index in [0.29, 0.717) is 0 Å². The Labute approximate surface area is 126 Å². The van der Waals surface area contributed by atoms with Gasteiger partial charge in [-0.25, -0.2) is 0 Å². The van der Waals surface area contributed by atoms with Crippen LogP contribution in [0.2, 0.25) is 0 Å². The van der Waals surface area contributed by atoms with Crippen molar-refractivity contribution in [3.63, 3.8) is 0 Å². The Morgan fingerprint density at radius 2 is 0.773 bits per heavy atom. The highest BCUT2D eigenvalue weighted by atomic mass is 32.2. The van der Waals surface area contributed by atoms with Crippen LogP contribution in [0.1, 0.15) is 0 Å². The molecule has 0 aliphatic heterocycles. The van der Waals surface area contributed by atoms with Gasteiger partial charge in [-0.15, -0.1) is 0 Å². The molecule has 132 valence electrons. The van der Waals surface area contributed by atoms with Gasteiger partial charge in [-0.05, 0) is 0 Å². The first-order valence-corrected chi connectivity index (χ1v) is 7.02. The van der Waals surface area contributed by atoms with Crippen LogP contribution in [-0.4, -0.2) is 41.6 Å². The lowest BCUT2D eigenvalue weighted by molar-refractivity contribution is -0.0851. The van der Waals surface area contributed by atoms with E-state index in [2.05, 4.69) is 4.28 Å². The molecule has 16 heteroatoms. The van der Waals surface area contributed by atoms with Crippen LogP contribution in [0.3, 0.4) is 0 Å². The summed E-state index contributed by atoms with van der Waals surface area (Å²) in [6, 6.07) is 0. The minimum Gasteiger partial charge on any atom is -0.308 e. The van der Waals surface area contributed by atoms with E-state index in [1.807, 2.05) is 0 Å². The first kappa shape index (κ1) is 19.5. The molecule has 1 aliphatic rings. The molecule has 1 rings (SSSR count). The summed E-state index contributed by atoms with van der Waals surface area (Å²) in [5.74, 6) is 4.69. The fourth-order valence-corrected chi connectivity index (χ4v) is 3.79. The van der Waals surface area contributed by atoms with Crippen molar-refractivity contribution in [1.29, 1.82) is 0 Å². The predicted octanol–water partition coefficient (Wildman–Crippen LogP) is -9.06. The molecule has 0 radical (unpaired) electrons. The van der Waals surface area contributed by atoms with E-state index in [-0.39, 0.29) is 0 Å². The zero-order valence-corrected chi connectivity index (χ0v) is 12.4. The molecule has 24 N–H and O–H groups in total. The largest absolute Gasteiger partial charge is 0.308 e. The zero-order valence-electron chi connectivity index (χ0n) is 11.6. The van der Waals surface area contributed by atoms with Gasteiger partial charge in [0.05, 0.1) is 0 Å². The van der Waals surface area contributed by atoms with Crippen LogP contribution in [0.4, 0.5) is 0 Å². The zero-order chi connectivity index (χ0) is 18.2. The van der Waals surface area contributed by atoms with E-state index >= 15 is 0 Å². The molecule has 22 heavy (non-hydrogen) atoms. The lowest BCUT2D eigenvalue weighted by atomic mass is 9.59. The van der Waals surface area contributed by atoms with Crippen molar-refractivity contribution in [1.82, 2.24) is 0 Å². The standard InChI is InChI=1S/C6H24N12O3S/c7-1(8)2(9,10)4(13,14)6(17,22(19,20)21-18)5(15,16)3(1,11)12/h7-18H2. The lowest BCUT2D eigenvalue weighted by Crippen LogP contribution is -3.14. The first-order valence-electron chi connectivity index (χ1n) is 5.62. The Kier molecular flexibility index (Phi) is 3.79. The molecule has 0 bridgehead atoms. The Morgan fingerprint density at radius 1 is 0.545 bits per heavy atom. The number of rotatable bonds is 2. The Morgan fingerprint density at radius 3 is 1.00 bits per heavy atom. The molecule has 0 unspecified atom stereocenters. The smallest absolute Gasteiger partial charge is 0.308 e.